The number of hydrogen-bond donors (Lipinski definition) is 2. The number of hydrogen-bond acceptors (Lipinski definition) is 4. The Morgan fingerprint density at radius 3 is 2.44 bits per heavy atom. The van der Waals surface area contributed by atoms with E-state index in [1.165, 1.54) is 0 Å². The number of benzene rings is 2. The summed E-state index contributed by atoms with van der Waals surface area (Å²) < 4.78 is 7.66. The van der Waals surface area contributed by atoms with Crippen molar-refractivity contribution >= 4 is 68.5 Å². The molecule has 2 aromatic rings. The number of amides is 1. The predicted molar refractivity (Wildman–Crippen MR) is 126 cm³/mol. The first-order valence-corrected chi connectivity index (χ1v) is 10.4. The topological polar surface area (TPSA) is 74.2 Å². The number of nitriles is 1. The number of nitrogens with zero attached hydrogens (tertiary/aromatic N) is 1. The third-order valence-electron chi connectivity index (χ3n) is 3.45. The van der Waals surface area contributed by atoms with E-state index in [-0.39, 0.29) is 11.7 Å². The van der Waals surface area contributed by atoms with Gasteiger partial charge in [-0.1, -0.05) is 6.07 Å². The highest BCUT2D eigenvalue weighted by Crippen LogP contribution is 2.27. The van der Waals surface area contributed by atoms with Gasteiger partial charge in [0, 0.05) is 25.9 Å². The maximum absolute atomic E-state index is 12.5. The summed E-state index contributed by atoms with van der Waals surface area (Å²) in [6.45, 7) is 3.87. The zero-order valence-electron chi connectivity index (χ0n) is 15.1. The number of halogens is 2. The van der Waals surface area contributed by atoms with Crippen LogP contribution in [0.2, 0.25) is 0 Å². The van der Waals surface area contributed by atoms with Gasteiger partial charge in [0.15, 0.2) is 0 Å². The molecule has 0 saturated heterocycles. The van der Waals surface area contributed by atoms with Crippen LogP contribution in [-0.4, -0.2) is 19.1 Å². The largest absolute Gasteiger partial charge is 0.491 e. The standard InChI is InChI=1S/C20H19I2N3O2/c1-12(2)27-16-6-4-5-15(10-16)25-20(26)14(11-23)7-13-8-17(21)19(24-3)18(22)9-13/h4-10,12,24H,1-3H3,(H,25,26)/b14-7-. The molecular formula is C20H19I2N3O2. The van der Waals surface area contributed by atoms with Gasteiger partial charge in [0.05, 0.1) is 11.8 Å². The second-order valence-electron chi connectivity index (χ2n) is 5.93. The number of carbonyl (C=O) groups is 1. The molecule has 0 atom stereocenters. The molecule has 0 radical (unpaired) electrons. The van der Waals surface area contributed by atoms with E-state index in [2.05, 4.69) is 55.8 Å². The van der Waals surface area contributed by atoms with E-state index in [0.29, 0.717) is 11.4 Å². The van der Waals surface area contributed by atoms with Crippen molar-refractivity contribution in [3.05, 3.63) is 54.7 Å². The predicted octanol–water partition coefficient (Wildman–Crippen LogP) is 5.27. The van der Waals surface area contributed by atoms with Gasteiger partial charge in [-0.15, -0.1) is 0 Å². The van der Waals surface area contributed by atoms with E-state index in [1.54, 1.807) is 24.3 Å². The fourth-order valence-electron chi connectivity index (χ4n) is 2.35. The molecule has 0 aliphatic heterocycles. The average molecular weight is 587 g/mol. The number of ether oxygens (including phenoxy) is 1. The first-order valence-electron chi connectivity index (χ1n) is 8.20. The lowest BCUT2D eigenvalue weighted by atomic mass is 10.1. The summed E-state index contributed by atoms with van der Waals surface area (Å²) in [5, 5.41) is 15.3. The molecule has 0 aliphatic carbocycles. The van der Waals surface area contributed by atoms with Crippen molar-refractivity contribution in [2.24, 2.45) is 0 Å². The molecule has 5 nitrogen and oxygen atoms in total. The molecule has 0 aliphatic rings. The lowest BCUT2D eigenvalue weighted by Gasteiger charge is -2.11. The van der Waals surface area contributed by atoms with Crippen molar-refractivity contribution in [3.8, 4) is 11.8 Å². The Morgan fingerprint density at radius 2 is 1.89 bits per heavy atom. The normalized spacial score (nSPS) is 11.1. The third-order valence-corrected chi connectivity index (χ3v) is 5.16. The van der Waals surface area contributed by atoms with Gasteiger partial charge in [0.2, 0.25) is 0 Å². The van der Waals surface area contributed by atoms with Crippen LogP contribution in [0.5, 0.6) is 5.75 Å². The molecule has 0 bridgehead atoms. The van der Waals surface area contributed by atoms with Gasteiger partial charge in [0.25, 0.3) is 5.91 Å². The lowest BCUT2D eigenvalue weighted by Crippen LogP contribution is -2.14. The Labute approximate surface area is 186 Å². The van der Waals surface area contributed by atoms with Gasteiger partial charge in [0.1, 0.15) is 17.4 Å². The van der Waals surface area contributed by atoms with Crippen molar-refractivity contribution < 1.29 is 9.53 Å². The summed E-state index contributed by atoms with van der Waals surface area (Å²) in [5.74, 6) is 0.207. The minimum atomic E-state index is -0.457. The van der Waals surface area contributed by atoms with Gasteiger partial charge in [-0.3, -0.25) is 4.79 Å². The van der Waals surface area contributed by atoms with Crippen LogP contribution in [0, 0.1) is 18.5 Å². The molecule has 0 unspecified atom stereocenters. The van der Waals surface area contributed by atoms with Crippen LogP contribution in [0.15, 0.2) is 42.0 Å². The highest BCUT2D eigenvalue weighted by molar-refractivity contribution is 14.1. The molecule has 0 fully saturated rings. The van der Waals surface area contributed by atoms with Crippen LogP contribution in [0.3, 0.4) is 0 Å². The van der Waals surface area contributed by atoms with E-state index in [9.17, 15) is 10.1 Å². The Bertz CT molecular complexity index is 895. The number of carbonyl (C=O) groups excluding carboxylic acids is 1. The van der Waals surface area contributed by atoms with Crippen LogP contribution in [0.4, 0.5) is 11.4 Å². The van der Waals surface area contributed by atoms with Gasteiger partial charge in [-0.05, 0) is 94.9 Å². The molecule has 2 N–H and O–H groups in total. The number of nitrogens with one attached hydrogen (secondary N) is 2. The first kappa shape index (κ1) is 21.5. The van der Waals surface area contributed by atoms with Crippen molar-refractivity contribution in [1.29, 1.82) is 5.26 Å². The maximum Gasteiger partial charge on any atom is 0.266 e. The summed E-state index contributed by atoms with van der Waals surface area (Å²) in [6.07, 6.45) is 1.63. The minimum absolute atomic E-state index is 0.0361. The molecule has 2 rings (SSSR count). The summed E-state index contributed by atoms with van der Waals surface area (Å²) in [6, 6.07) is 12.9. The van der Waals surface area contributed by atoms with Gasteiger partial charge >= 0.3 is 0 Å². The number of rotatable bonds is 6. The highest BCUT2D eigenvalue weighted by Gasteiger charge is 2.12. The second-order valence-corrected chi connectivity index (χ2v) is 8.25. The van der Waals surface area contributed by atoms with Crippen molar-refractivity contribution in [2.75, 3.05) is 17.7 Å². The molecule has 0 heterocycles. The van der Waals surface area contributed by atoms with Crippen LogP contribution in [0.1, 0.15) is 19.4 Å². The van der Waals surface area contributed by atoms with Crippen molar-refractivity contribution in [1.82, 2.24) is 0 Å². The summed E-state index contributed by atoms with van der Waals surface area (Å²) in [4.78, 5) is 12.5. The summed E-state index contributed by atoms with van der Waals surface area (Å²) >= 11 is 4.45. The van der Waals surface area contributed by atoms with Crippen molar-refractivity contribution in [3.63, 3.8) is 0 Å². The monoisotopic (exact) mass is 587 g/mol. The fourth-order valence-corrected chi connectivity index (χ4v) is 4.70. The van der Waals surface area contributed by atoms with Crippen molar-refractivity contribution in [2.45, 2.75) is 20.0 Å². The van der Waals surface area contributed by atoms with E-state index in [4.69, 9.17) is 4.74 Å². The quantitative estimate of drug-likeness (QED) is 0.275. The highest BCUT2D eigenvalue weighted by atomic mass is 127. The van der Waals surface area contributed by atoms with E-state index in [1.807, 2.05) is 45.2 Å². The SMILES string of the molecule is CNc1c(I)cc(/C=C(/C#N)C(=O)Nc2cccc(OC(C)C)c2)cc1I. The minimum Gasteiger partial charge on any atom is -0.491 e. The van der Waals surface area contributed by atoms with Crippen LogP contribution >= 0.6 is 45.2 Å². The van der Waals surface area contributed by atoms with Gasteiger partial charge in [-0.2, -0.15) is 5.26 Å². The zero-order chi connectivity index (χ0) is 20.0. The molecule has 27 heavy (non-hydrogen) atoms. The third kappa shape index (κ3) is 6.10. The molecule has 7 heteroatoms. The second kappa shape index (κ2) is 9.94. The molecular weight excluding hydrogens is 568 g/mol. The van der Waals surface area contributed by atoms with Crippen LogP contribution in [-0.2, 0) is 4.79 Å². The van der Waals surface area contributed by atoms with E-state index >= 15 is 0 Å². The van der Waals surface area contributed by atoms with E-state index in [0.717, 1.165) is 18.4 Å². The molecule has 1 amide bonds. The Balaban J connectivity index is 2.24. The molecule has 140 valence electrons. The maximum atomic E-state index is 12.5. The van der Waals surface area contributed by atoms with Gasteiger partial charge in [-0.25, -0.2) is 0 Å². The van der Waals surface area contributed by atoms with Crippen LogP contribution < -0.4 is 15.4 Å². The van der Waals surface area contributed by atoms with E-state index < -0.39 is 5.91 Å². The zero-order valence-corrected chi connectivity index (χ0v) is 19.5. The Morgan fingerprint density at radius 1 is 1.22 bits per heavy atom. The smallest absolute Gasteiger partial charge is 0.266 e. The lowest BCUT2D eigenvalue weighted by molar-refractivity contribution is -0.112. The Kier molecular flexibility index (Phi) is 7.91. The molecule has 0 aromatic heterocycles. The summed E-state index contributed by atoms with van der Waals surface area (Å²) in [5.41, 5.74) is 2.44. The van der Waals surface area contributed by atoms with Gasteiger partial charge < -0.3 is 15.4 Å². The van der Waals surface area contributed by atoms with Crippen LogP contribution in [0.25, 0.3) is 6.08 Å². The first-order chi connectivity index (χ1) is 12.8. The number of anilines is 2. The Hall–Kier alpha value is -1.80. The fraction of sp³-hybridized carbons (Fsp3) is 0.200. The molecule has 0 saturated carbocycles. The average Bonchev–Trinajstić information content (AvgIpc) is 2.59. The molecule has 0 spiro atoms. The summed E-state index contributed by atoms with van der Waals surface area (Å²) in [7, 11) is 1.86. The molecule has 2 aromatic carbocycles.